The summed E-state index contributed by atoms with van der Waals surface area (Å²) in [5.74, 6) is -0.564. The van der Waals surface area contributed by atoms with Crippen molar-refractivity contribution < 1.29 is 13.5 Å². The molecule has 0 aliphatic heterocycles. The largest absolute Gasteiger partial charge is 0.504 e. The van der Waals surface area contributed by atoms with Crippen molar-refractivity contribution in [1.29, 1.82) is 0 Å². The van der Waals surface area contributed by atoms with Crippen LogP contribution >= 0.6 is 0 Å². The first-order chi connectivity index (χ1) is 11.1. The van der Waals surface area contributed by atoms with Gasteiger partial charge in [0.25, 0.3) is 10.9 Å². The van der Waals surface area contributed by atoms with Crippen LogP contribution in [0.4, 0.5) is 17.1 Å². The Morgan fingerprint density at radius 1 is 1.08 bits per heavy atom. The minimum Gasteiger partial charge on any atom is -0.504 e. The van der Waals surface area contributed by atoms with Gasteiger partial charge in [0.2, 0.25) is 18.0 Å². The van der Waals surface area contributed by atoms with Crippen LogP contribution in [0.1, 0.15) is 0 Å². The van der Waals surface area contributed by atoms with Gasteiger partial charge in [-0.1, -0.05) is 6.07 Å². The Balaban J connectivity index is 2.46. The summed E-state index contributed by atoms with van der Waals surface area (Å²) >= 11 is 0. The molecule has 0 fully saturated rings. The fraction of sp³-hybridized carbons (Fsp3) is 0.231. The summed E-state index contributed by atoms with van der Waals surface area (Å²) in [4.78, 5) is 23.9. The highest BCUT2D eigenvalue weighted by molar-refractivity contribution is 7.89. The van der Waals surface area contributed by atoms with Crippen molar-refractivity contribution in [2.45, 2.75) is 4.90 Å². The van der Waals surface area contributed by atoms with Crippen molar-refractivity contribution in [1.82, 2.24) is 9.23 Å². The highest BCUT2D eigenvalue weighted by atomic mass is 32.2. The first-order valence-corrected chi connectivity index (χ1v) is 8.11. The summed E-state index contributed by atoms with van der Waals surface area (Å²) in [6.45, 7) is 0. The van der Waals surface area contributed by atoms with E-state index in [2.05, 4.69) is 10.7 Å². The third-order valence-electron chi connectivity index (χ3n) is 3.22. The first kappa shape index (κ1) is 18.0. The number of nitrogens with zero attached hydrogens (tertiary/aromatic N) is 2. The first-order valence-electron chi connectivity index (χ1n) is 6.67. The lowest BCUT2D eigenvalue weighted by molar-refractivity contribution is 0.454. The molecule has 0 atom stereocenters. The Bertz CT molecular complexity index is 948. The third kappa shape index (κ3) is 3.00. The number of anilines is 3. The van der Waals surface area contributed by atoms with Gasteiger partial charge in [0.05, 0.1) is 5.69 Å². The monoisotopic (exact) mass is 350 g/mol. The zero-order valence-corrected chi connectivity index (χ0v) is 14.0. The smallest absolute Gasteiger partial charge is 0.254 e. The summed E-state index contributed by atoms with van der Waals surface area (Å²) in [6, 6.07) is 3.99. The van der Waals surface area contributed by atoms with Gasteiger partial charge in [-0.3, -0.25) is 14.5 Å². The van der Waals surface area contributed by atoms with Crippen LogP contribution in [0.25, 0.3) is 0 Å². The molecule has 2 aromatic rings. The molecule has 11 heteroatoms. The normalized spacial score (nSPS) is 12.0. The average Bonchev–Trinajstić information content (AvgIpc) is 2.51. The van der Waals surface area contributed by atoms with Gasteiger partial charge >= 0.3 is 0 Å². The number of hydrogen-bond donors (Lipinski definition) is 3. The van der Waals surface area contributed by atoms with E-state index < -0.39 is 26.6 Å². The van der Waals surface area contributed by atoms with Crippen LogP contribution < -0.4 is 21.6 Å². The number of phenols is 1. The van der Waals surface area contributed by atoms with Gasteiger partial charge in [-0.15, -0.1) is 0 Å². The van der Waals surface area contributed by atoms with E-state index in [9.17, 15) is 23.1 Å². The van der Waals surface area contributed by atoms with Gasteiger partial charge in [0, 0.05) is 14.1 Å². The summed E-state index contributed by atoms with van der Waals surface area (Å²) in [7, 11) is 5.56. The number of phenolic OH excluding ortho intramolecular Hbond substituents is 1. The highest BCUT2D eigenvalue weighted by Crippen LogP contribution is 2.34. The zero-order chi connectivity index (χ0) is 18.2. The number of para-hydroxylation sites is 1. The molecule has 3 N–H and O–H groups in total. The van der Waals surface area contributed by atoms with Crippen molar-refractivity contribution in [3.63, 3.8) is 0 Å². The number of aromatic hydroxyl groups is 1. The predicted octanol–water partition coefficient (Wildman–Crippen LogP) is -0.676. The van der Waals surface area contributed by atoms with E-state index in [-0.39, 0.29) is 22.0 Å². The number of nitrogens with one attached hydrogen (secondary N) is 2. The molecule has 0 unspecified atom stereocenters. The molecule has 24 heavy (non-hydrogen) atoms. The Kier molecular flexibility index (Phi) is 4.69. The van der Waals surface area contributed by atoms with Gasteiger partial charge in [0.15, 0.2) is 5.75 Å². The molecular formula is C13H15BN4O5S. The molecule has 9 nitrogen and oxygen atoms in total. The minimum atomic E-state index is -3.88. The van der Waals surface area contributed by atoms with Crippen LogP contribution in [0, 0.1) is 0 Å². The molecule has 126 valence electrons. The van der Waals surface area contributed by atoms with Gasteiger partial charge in [-0.2, -0.15) is 0 Å². The molecule has 0 saturated carbocycles. The summed E-state index contributed by atoms with van der Waals surface area (Å²) in [6.07, 6.45) is 0. The van der Waals surface area contributed by atoms with E-state index in [0.717, 1.165) is 9.23 Å². The van der Waals surface area contributed by atoms with E-state index in [4.69, 9.17) is 7.98 Å². The standard InChI is InChI=1S/C13H15BN4O5S/c1-17(2)24(22,23)8-6-4-5-7(11(8)19)15-9-10(16-18(3)14)13(21)12(9)20/h4-6,15-16,19H,1-3H3. The summed E-state index contributed by atoms with van der Waals surface area (Å²) in [5, 5.41) is 12.8. The fourth-order valence-electron chi connectivity index (χ4n) is 1.96. The van der Waals surface area contributed by atoms with Crippen LogP contribution in [0.3, 0.4) is 0 Å². The lowest BCUT2D eigenvalue weighted by Gasteiger charge is -2.20. The molecule has 0 amide bonds. The number of hydrogen-bond acceptors (Lipinski definition) is 8. The van der Waals surface area contributed by atoms with Gasteiger partial charge in [0.1, 0.15) is 16.3 Å². The van der Waals surface area contributed by atoms with Crippen molar-refractivity contribution >= 4 is 35.1 Å². The fourth-order valence-corrected chi connectivity index (χ4v) is 2.95. The molecule has 0 spiro atoms. The quantitative estimate of drug-likeness (QED) is 0.272. The molecule has 2 rings (SSSR count). The Labute approximate surface area is 139 Å². The van der Waals surface area contributed by atoms with Gasteiger partial charge in [-0.25, -0.2) is 12.7 Å². The van der Waals surface area contributed by atoms with Crippen molar-refractivity contribution in [3.05, 3.63) is 38.6 Å². The second-order valence-corrected chi connectivity index (χ2v) is 7.32. The molecule has 0 aliphatic rings. The van der Waals surface area contributed by atoms with E-state index in [1.165, 1.54) is 39.3 Å². The summed E-state index contributed by atoms with van der Waals surface area (Å²) < 4.78 is 25.3. The molecule has 2 aromatic carbocycles. The van der Waals surface area contributed by atoms with Crippen molar-refractivity contribution in [3.8, 4) is 5.75 Å². The van der Waals surface area contributed by atoms with Crippen LogP contribution in [0.15, 0.2) is 32.7 Å². The molecule has 0 bridgehead atoms. The highest BCUT2D eigenvalue weighted by Gasteiger charge is 2.26. The second-order valence-electron chi connectivity index (χ2n) is 5.20. The predicted molar refractivity (Wildman–Crippen MR) is 90.8 cm³/mol. The maximum absolute atomic E-state index is 12.2. The van der Waals surface area contributed by atoms with Crippen LogP contribution in [0.5, 0.6) is 5.75 Å². The van der Waals surface area contributed by atoms with Crippen molar-refractivity contribution in [2.75, 3.05) is 31.9 Å². The maximum Gasteiger partial charge on any atom is 0.254 e. The van der Waals surface area contributed by atoms with Gasteiger partial charge in [-0.05, 0) is 19.2 Å². The van der Waals surface area contributed by atoms with E-state index >= 15 is 0 Å². The number of sulfonamides is 1. The number of benzene rings is 1. The Morgan fingerprint density at radius 3 is 2.21 bits per heavy atom. The molecule has 0 saturated heterocycles. The molecule has 0 heterocycles. The number of rotatable bonds is 6. The maximum atomic E-state index is 12.2. The summed E-state index contributed by atoms with van der Waals surface area (Å²) in [5.41, 5.74) is 0.653. The van der Waals surface area contributed by atoms with Crippen molar-refractivity contribution in [2.24, 2.45) is 0 Å². The lowest BCUT2D eigenvalue weighted by Crippen LogP contribution is -2.39. The second kappa shape index (κ2) is 6.26. The van der Waals surface area contributed by atoms with E-state index in [1.54, 1.807) is 0 Å². The Morgan fingerprint density at radius 2 is 1.67 bits per heavy atom. The van der Waals surface area contributed by atoms with E-state index in [1.807, 2.05) is 0 Å². The molecule has 2 radical (unpaired) electrons. The minimum absolute atomic E-state index is 0.0345. The van der Waals surface area contributed by atoms with Gasteiger partial charge < -0.3 is 15.8 Å². The zero-order valence-electron chi connectivity index (χ0n) is 13.2. The molecule has 0 aromatic heterocycles. The topological polar surface area (TPSA) is 119 Å². The van der Waals surface area contributed by atoms with E-state index in [0.29, 0.717) is 0 Å². The van der Waals surface area contributed by atoms with Crippen LogP contribution in [-0.4, -0.2) is 51.9 Å². The Hall–Kier alpha value is -2.37. The third-order valence-corrected chi connectivity index (χ3v) is 5.06. The van der Waals surface area contributed by atoms with Crippen LogP contribution in [-0.2, 0) is 10.0 Å². The van der Waals surface area contributed by atoms with Crippen LogP contribution in [0.2, 0.25) is 0 Å². The number of hydrazine groups is 1. The SMILES string of the molecule is [B]N(C)Nc1c(Nc2cccc(S(=O)(=O)N(C)C)c2O)c(=O)c1=O. The lowest BCUT2D eigenvalue weighted by atomic mass is 10.1. The average molecular weight is 350 g/mol. The molecule has 0 aliphatic carbocycles. The molecular weight excluding hydrogens is 335 g/mol.